The van der Waals surface area contributed by atoms with Gasteiger partial charge in [0.15, 0.2) is 0 Å². The van der Waals surface area contributed by atoms with Gasteiger partial charge in [-0.1, -0.05) is 42.5 Å². The van der Waals surface area contributed by atoms with Crippen LogP contribution in [-0.2, 0) is 50.7 Å². The number of aliphatic hydroxyl groups excluding tert-OH is 1. The molecule has 3 aliphatic rings. The quantitative estimate of drug-likeness (QED) is 0.134. The summed E-state index contributed by atoms with van der Waals surface area (Å²) < 4.78 is 109. The molecule has 1 aromatic heterocycles. The summed E-state index contributed by atoms with van der Waals surface area (Å²) in [6.45, 7) is 1.50. The van der Waals surface area contributed by atoms with Crippen molar-refractivity contribution in [2.24, 2.45) is 0 Å². The number of aliphatic hydroxyl groups is 1. The third kappa shape index (κ3) is 10.5. The van der Waals surface area contributed by atoms with Crippen molar-refractivity contribution in [3.05, 3.63) is 136 Å². The van der Waals surface area contributed by atoms with Crippen LogP contribution >= 0.6 is 0 Å². The summed E-state index contributed by atoms with van der Waals surface area (Å²) in [6, 6.07) is 17.5. The first-order chi connectivity index (χ1) is 30.8. The van der Waals surface area contributed by atoms with E-state index in [1.807, 2.05) is 12.1 Å². The predicted molar refractivity (Wildman–Crippen MR) is 223 cm³/mol. The van der Waals surface area contributed by atoms with Crippen LogP contribution < -0.4 is 0 Å². The fourth-order valence-electron chi connectivity index (χ4n) is 9.19. The van der Waals surface area contributed by atoms with E-state index in [0.717, 1.165) is 16.0 Å². The molecule has 0 unspecified atom stereocenters. The van der Waals surface area contributed by atoms with Gasteiger partial charge >= 0.3 is 12.4 Å². The van der Waals surface area contributed by atoms with Gasteiger partial charge in [0.1, 0.15) is 30.4 Å². The van der Waals surface area contributed by atoms with Gasteiger partial charge in [-0.05, 0) is 104 Å². The zero-order valence-corrected chi connectivity index (χ0v) is 35.9. The van der Waals surface area contributed by atoms with Crippen LogP contribution in [0, 0.1) is 5.82 Å². The van der Waals surface area contributed by atoms with Crippen molar-refractivity contribution in [2.75, 3.05) is 66.7 Å². The summed E-state index contributed by atoms with van der Waals surface area (Å²) in [7, 11) is 3.35. The van der Waals surface area contributed by atoms with Crippen LogP contribution in [0.2, 0.25) is 0 Å². The maximum Gasteiger partial charge on any atom is 0.416 e. The Morgan fingerprint density at radius 3 is 2.18 bits per heavy atom. The first-order valence-electron chi connectivity index (χ1n) is 21.3. The SMILES string of the molecule is CN(CCCN(C)C(=O)c1ccc(CO)cn1)C(=O)CO[C@H]1Cc2ccccc2C12CCN(CC[C@@]1(c3ccc(F)cc3)CN(C(=O)c3cc(C(F)(F)F)cc(C(F)(F)F)c3)CO1)CC2. The number of carbonyl (C=O) groups is 3. The lowest BCUT2D eigenvalue weighted by Crippen LogP contribution is -2.50. The number of alkyl halides is 6. The Hall–Kier alpha value is -5.43. The molecule has 3 heterocycles. The molecule has 0 saturated carbocycles. The number of ether oxygens (including phenoxy) is 2. The lowest BCUT2D eigenvalue weighted by Gasteiger charge is -2.44. The van der Waals surface area contributed by atoms with Crippen LogP contribution in [0.4, 0.5) is 30.7 Å². The number of aromatic nitrogens is 1. The molecule has 18 heteroatoms. The molecule has 3 aromatic carbocycles. The molecule has 1 aliphatic carbocycles. The Morgan fingerprint density at radius 1 is 0.892 bits per heavy atom. The van der Waals surface area contributed by atoms with Gasteiger partial charge < -0.3 is 34.2 Å². The van der Waals surface area contributed by atoms with Gasteiger partial charge in [-0.3, -0.25) is 19.4 Å². The Labute approximate surface area is 371 Å². The summed E-state index contributed by atoms with van der Waals surface area (Å²) in [5.74, 6) is -2.07. The van der Waals surface area contributed by atoms with Crippen molar-refractivity contribution in [1.29, 1.82) is 0 Å². The Bertz CT molecular complexity index is 2310. The standard InChI is InChI=1S/C47H50F7N5O6/c1-56(17-5-18-57(2)43(63)39-13-8-31(27-60)26-55-39)41(61)28-64-40-24-32-6-3-4-7-38(32)44(40)14-19-58(20-15-44)21-16-45(34-9-11-37(48)12-10-34)29-59(30-65-45)42(62)33-22-35(46(49,50)51)25-36(23-33)47(52,53)54/h3-4,6-13,22-23,25-26,40,60H,5,14-21,24,27-30H2,1-2H3/t40-,45-/m0/s1. The third-order valence-corrected chi connectivity index (χ3v) is 13.0. The Balaban J connectivity index is 0.977. The highest BCUT2D eigenvalue weighted by Crippen LogP contribution is 2.48. The highest BCUT2D eigenvalue weighted by molar-refractivity contribution is 5.95. The van der Waals surface area contributed by atoms with Crippen LogP contribution in [0.1, 0.15) is 79.9 Å². The number of hydrogen-bond donors (Lipinski definition) is 1. The first-order valence-corrected chi connectivity index (χ1v) is 21.3. The Morgan fingerprint density at radius 2 is 1.55 bits per heavy atom. The van der Waals surface area contributed by atoms with Crippen molar-refractivity contribution in [3.8, 4) is 0 Å². The van der Waals surface area contributed by atoms with Crippen LogP contribution in [0.5, 0.6) is 0 Å². The maximum atomic E-state index is 14.1. The molecule has 1 spiro atoms. The number of pyridine rings is 1. The molecule has 0 bridgehead atoms. The summed E-state index contributed by atoms with van der Waals surface area (Å²) in [6.07, 6.45) is -6.34. The second-order valence-electron chi connectivity index (χ2n) is 17.1. The Kier molecular flexibility index (Phi) is 14.0. The molecule has 1 N–H and O–H groups in total. The van der Waals surface area contributed by atoms with Crippen molar-refractivity contribution < 1.29 is 59.7 Å². The number of likely N-dealkylation sites (tertiary alicyclic amines) is 1. The number of hydrogen-bond acceptors (Lipinski definition) is 8. The van der Waals surface area contributed by atoms with E-state index < -0.39 is 53.1 Å². The molecule has 4 aromatic rings. The molecule has 2 atom stereocenters. The summed E-state index contributed by atoms with van der Waals surface area (Å²) in [5.41, 5.74) is -1.97. The molecular weight excluding hydrogens is 864 g/mol. The van der Waals surface area contributed by atoms with Crippen LogP contribution in [0.3, 0.4) is 0 Å². The first kappa shape index (κ1) is 47.5. The number of nitrogens with zero attached hydrogens (tertiary/aromatic N) is 5. The van der Waals surface area contributed by atoms with E-state index in [0.29, 0.717) is 81.7 Å². The number of amides is 3. The summed E-state index contributed by atoms with van der Waals surface area (Å²) >= 11 is 0. The van der Waals surface area contributed by atoms with E-state index in [1.54, 1.807) is 31.1 Å². The smallest absolute Gasteiger partial charge is 0.392 e. The van der Waals surface area contributed by atoms with E-state index in [9.17, 15) is 50.2 Å². The number of rotatable bonds is 14. The lowest BCUT2D eigenvalue weighted by molar-refractivity contribution is -0.143. The van der Waals surface area contributed by atoms with Crippen molar-refractivity contribution in [3.63, 3.8) is 0 Å². The molecule has 65 heavy (non-hydrogen) atoms. The highest BCUT2D eigenvalue weighted by Gasteiger charge is 2.50. The fraction of sp³-hybridized carbons (Fsp3) is 0.447. The van der Waals surface area contributed by atoms with E-state index in [-0.39, 0.29) is 61.3 Å². The maximum absolute atomic E-state index is 14.1. The number of carbonyl (C=O) groups excluding carboxylic acids is 3. The van der Waals surface area contributed by atoms with Crippen LogP contribution in [-0.4, -0.2) is 120 Å². The normalized spacial score (nSPS) is 19.7. The number of piperidine rings is 1. The number of fused-ring (bicyclic) bond motifs is 2. The van der Waals surface area contributed by atoms with Crippen molar-refractivity contribution in [2.45, 2.75) is 68.2 Å². The largest absolute Gasteiger partial charge is 0.416 e. The van der Waals surface area contributed by atoms with Crippen molar-refractivity contribution >= 4 is 17.7 Å². The second-order valence-corrected chi connectivity index (χ2v) is 17.1. The molecular formula is C47H50F7N5O6. The summed E-state index contributed by atoms with van der Waals surface area (Å²) in [5, 5.41) is 9.24. The van der Waals surface area contributed by atoms with Gasteiger partial charge in [0.25, 0.3) is 11.8 Å². The predicted octanol–water partition coefficient (Wildman–Crippen LogP) is 7.06. The van der Waals surface area contributed by atoms with Gasteiger partial charge in [-0.2, -0.15) is 26.3 Å². The van der Waals surface area contributed by atoms with Gasteiger partial charge in [-0.15, -0.1) is 0 Å². The molecule has 2 saturated heterocycles. The van der Waals surface area contributed by atoms with Gasteiger partial charge in [0.05, 0.1) is 30.4 Å². The van der Waals surface area contributed by atoms with E-state index in [4.69, 9.17) is 9.47 Å². The number of likely N-dealkylation sites (N-methyl/N-ethyl adjacent to an activating group) is 1. The minimum atomic E-state index is -5.14. The minimum Gasteiger partial charge on any atom is -0.392 e. The molecule has 7 rings (SSSR count). The minimum absolute atomic E-state index is 0.0315. The average molecular weight is 914 g/mol. The monoisotopic (exact) mass is 913 g/mol. The topological polar surface area (TPSA) is 116 Å². The molecule has 2 aliphatic heterocycles. The van der Waals surface area contributed by atoms with Crippen LogP contribution in [0.25, 0.3) is 0 Å². The number of halogens is 7. The third-order valence-electron chi connectivity index (χ3n) is 13.0. The van der Waals surface area contributed by atoms with Gasteiger partial charge in [0.2, 0.25) is 5.91 Å². The molecule has 348 valence electrons. The molecule has 0 radical (unpaired) electrons. The highest BCUT2D eigenvalue weighted by atomic mass is 19.4. The second kappa shape index (κ2) is 19.2. The van der Waals surface area contributed by atoms with E-state index in [1.165, 1.54) is 35.4 Å². The molecule has 11 nitrogen and oxygen atoms in total. The lowest BCUT2D eigenvalue weighted by atomic mass is 9.72. The van der Waals surface area contributed by atoms with E-state index >= 15 is 0 Å². The number of benzene rings is 3. The molecule has 2 fully saturated rings. The molecule has 3 amide bonds. The zero-order chi connectivity index (χ0) is 46.7. The van der Waals surface area contributed by atoms with Gasteiger partial charge in [-0.25, -0.2) is 4.39 Å². The van der Waals surface area contributed by atoms with Crippen molar-refractivity contribution in [1.82, 2.24) is 24.6 Å². The summed E-state index contributed by atoms with van der Waals surface area (Å²) in [4.78, 5) is 50.3. The van der Waals surface area contributed by atoms with Gasteiger partial charge in [0, 0.05) is 50.9 Å². The fourth-order valence-corrected chi connectivity index (χ4v) is 9.19. The average Bonchev–Trinajstić information content (AvgIpc) is 3.86. The van der Waals surface area contributed by atoms with Crippen LogP contribution in [0.15, 0.2) is 85.1 Å². The zero-order valence-electron chi connectivity index (χ0n) is 35.9. The van der Waals surface area contributed by atoms with E-state index in [2.05, 4.69) is 22.0 Å².